The van der Waals surface area contributed by atoms with Crippen LogP contribution in [0.15, 0.2) is 30.6 Å². The second-order valence-corrected chi connectivity index (χ2v) is 3.13. The Morgan fingerprint density at radius 2 is 1.77 bits per heavy atom. The number of nitrogens with zero attached hydrogens (tertiary/aromatic N) is 1. The van der Waals surface area contributed by atoms with Crippen LogP contribution in [0.2, 0.25) is 0 Å². The number of aromatic nitrogens is 1. The standard InChI is InChI=1S/C11H18NO/c1-2-3-4-8-11-13-12-9-6-5-7-10-12/h5-7,9-10H,2-4,8,11H2,1H3/q+1. The van der Waals surface area contributed by atoms with Crippen LogP contribution in [0.1, 0.15) is 32.6 Å². The molecule has 13 heavy (non-hydrogen) atoms. The van der Waals surface area contributed by atoms with E-state index in [9.17, 15) is 0 Å². The maximum atomic E-state index is 5.47. The van der Waals surface area contributed by atoms with E-state index in [0.29, 0.717) is 0 Å². The van der Waals surface area contributed by atoms with E-state index in [1.807, 2.05) is 30.6 Å². The molecule has 0 radical (unpaired) electrons. The average molecular weight is 180 g/mol. The van der Waals surface area contributed by atoms with Crippen molar-refractivity contribution < 1.29 is 9.57 Å². The molecule has 0 aliphatic heterocycles. The highest BCUT2D eigenvalue weighted by Crippen LogP contribution is 1.96. The summed E-state index contributed by atoms with van der Waals surface area (Å²) in [6, 6.07) is 5.91. The molecule has 2 heteroatoms. The minimum absolute atomic E-state index is 0.814. The lowest BCUT2D eigenvalue weighted by Gasteiger charge is -1.97. The SMILES string of the molecule is CCCCCCO[n+]1ccccc1. The van der Waals surface area contributed by atoms with Crippen molar-refractivity contribution in [3.05, 3.63) is 30.6 Å². The molecule has 2 nitrogen and oxygen atoms in total. The summed E-state index contributed by atoms with van der Waals surface area (Å²) >= 11 is 0. The molecule has 0 aliphatic rings. The zero-order valence-electron chi connectivity index (χ0n) is 8.28. The van der Waals surface area contributed by atoms with Gasteiger partial charge in [-0.3, -0.25) is 4.84 Å². The Kier molecular flexibility index (Phi) is 4.99. The predicted molar refractivity (Wildman–Crippen MR) is 52.2 cm³/mol. The van der Waals surface area contributed by atoms with Crippen molar-refractivity contribution >= 4 is 0 Å². The van der Waals surface area contributed by atoms with Crippen molar-refractivity contribution in [2.75, 3.05) is 6.61 Å². The van der Waals surface area contributed by atoms with Gasteiger partial charge in [0.2, 0.25) is 12.4 Å². The molecule has 0 bridgehead atoms. The van der Waals surface area contributed by atoms with Crippen LogP contribution in [0, 0.1) is 0 Å². The summed E-state index contributed by atoms with van der Waals surface area (Å²) in [5.41, 5.74) is 0. The molecular weight excluding hydrogens is 162 g/mol. The van der Waals surface area contributed by atoms with Crippen LogP contribution in [0.25, 0.3) is 0 Å². The van der Waals surface area contributed by atoms with E-state index in [2.05, 4.69) is 6.92 Å². The van der Waals surface area contributed by atoms with Crippen molar-refractivity contribution in [2.24, 2.45) is 0 Å². The van der Waals surface area contributed by atoms with Gasteiger partial charge < -0.3 is 0 Å². The second-order valence-electron chi connectivity index (χ2n) is 3.13. The molecule has 0 fully saturated rings. The zero-order valence-corrected chi connectivity index (χ0v) is 8.28. The van der Waals surface area contributed by atoms with E-state index in [1.165, 1.54) is 19.3 Å². The van der Waals surface area contributed by atoms with Gasteiger partial charge in [0.15, 0.2) is 6.61 Å². The van der Waals surface area contributed by atoms with Gasteiger partial charge in [-0.05, 0) is 12.8 Å². The van der Waals surface area contributed by atoms with Gasteiger partial charge in [-0.15, -0.1) is 0 Å². The first-order chi connectivity index (χ1) is 6.43. The van der Waals surface area contributed by atoms with Crippen molar-refractivity contribution in [2.45, 2.75) is 32.6 Å². The van der Waals surface area contributed by atoms with Gasteiger partial charge >= 0.3 is 0 Å². The third-order valence-electron chi connectivity index (χ3n) is 1.93. The van der Waals surface area contributed by atoms with Gasteiger partial charge in [-0.2, -0.15) is 0 Å². The van der Waals surface area contributed by atoms with Crippen LogP contribution in [0.3, 0.4) is 0 Å². The molecule has 1 heterocycles. The molecule has 0 aromatic carbocycles. The van der Waals surface area contributed by atoms with Crippen molar-refractivity contribution in [3.63, 3.8) is 0 Å². The summed E-state index contributed by atoms with van der Waals surface area (Å²) in [6.07, 6.45) is 8.83. The predicted octanol–water partition coefficient (Wildman–Crippen LogP) is 1.98. The maximum Gasteiger partial charge on any atom is 0.222 e. The number of unbranched alkanes of at least 4 members (excludes halogenated alkanes) is 3. The monoisotopic (exact) mass is 180 g/mol. The Morgan fingerprint density at radius 1 is 1.00 bits per heavy atom. The Hall–Kier alpha value is -1.05. The summed E-state index contributed by atoms with van der Waals surface area (Å²) in [5.74, 6) is 0. The van der Waals surface area contributed by atoms with Gasteiger partial charge in [-0.1, -0.05) is 25.8 Å². The normalized spacial score (nSPS) is 9.92. The highest BCUT2D eigenvalue weighted by atomic mass is 16.7. The summed E-state index contributed by atoms with van der Waals surface area (Å²) in [5, 5.41) is 0. The number of rotatable bonds is 6. The van der Waals surface area contributed by atoms with Crippen molar-refractivity contribution in [1.29, 1.82) is 0 Å². The molecule has 0 saturated heterocycles. The highest BCUT2D eigenvalue weighted by molar-refractivity contribution is 4.83. The lowest BCUT2D eigenvalue weighted by Crippen LogP contribution is -2.42. The first kappa shape index (κ1) is 10.0. The van der Waals surface area contributed by atoms with Crippen LogP contribution in [-0.2, 0) is 0 Å². The summed E-state index contributed by atoms with van der Waals surface area (Å²) in [6.45, 7) is 3.03. The van der Waals surface area contributed by atoms with Crippen LogP contribution in [0.5, 0.6) is 0 Å². The zero-order chi connectivity index (χ0) is 9.36. The fraction of sp³-hybridized carbons (Fsp3) is 0.545. The van der Waals surface area contributed by atoms with Crippen LogP contribution in [0.4, 0.5) is 0 Å². The molecule has 1 rings (SSSR count). The largest absolute Gasteiger partial charge is 0.271 e. The lowest BCUT2D eigenvalue weighted by molar-refractivity contribution is -0.891. The summed E-state index contributed by atoms with van der Waals surface area (Å²) in [7, 11) is 0. The molecule has 0 saturated carbocycles. The molecule has 1 aromatic rings. The Labute approximate surface area is 80.1 Å². The smallest absolute Gasteiger partial charge is 0.222 e. The van der Waals surface area contributed by atoms with E-state index in [4.69, 9.17) is 4.84 Å². The molecule has 0 aliphatic carbocycles. The van der Waals surface area contributed by atoms with E-state index in [-0.39, 0.29) is 0 Å². The highest BCUT2D eigenvalue weighted by Gasteiger charge is 1.96. The maximum absolute atomic E-state index is 5.47. The minimum atomic E-state index is 0.814. The average Bonchev–Trinajstić information content (AvgIpc) is 2.19. The van der Waals surface area contributed by atoms with Gasteiger partial charge in [0.05, 0.1) is 0 Å². The Bertz CT molecular complexity index is 211. The molecule has 0 N–H and O–H groups in total. The third-order valence-corrected chi connectivity index (χ3v) is 1.93. The second kappa shape index (κ2) is 6.46. The fourth-order valence-corrected chi connectivity index (χ4v) is 1.17. The summed E-state index contributed by atoms with van der Waals surface area (Å²) < 4.78 is 1.76. The van der Waals surface area contributed by atoms with Gasteiger partial charge in [0.1, 0.15) is 0 Å². The van der Waals surface area contributed by atoms with E-state index in [1.54, 1.807) is 4.73 Å². The van der Waals surface area contributed by atoms with Crippen molar-refractivity contribution in [1.82, 2.24) is 0 Å². The van der Waals surface area contributed by atoms with Crippen LogP contribution >= 0.6 is 0 Å². The van der Waals surface area contributed by atoms with E-state index < -0.39 is 0 Å². The van der Waals surface area contributed by atoms with Gasteiger partial charge in [0.25, 0.3) is 0 Å². The fourth-order valence-electron chi connectivity index (χ4n) is 1.17. The Morgan fingerprint density at radius 3 is 2.46 bits per heavy atom. The van der Waals surface area contributed by atoms with Crippen molar-refractivity contribution in [3.8, 4) is 0 Å². The molecule has 0 atom stereocenters. The lowest BCUT2D eigenvalue weighted by atomic mass is 10.2. The topological polar surface area (TPSA) is 13.1 Å². The molecule has 1 aromatic heterocycles. The van der Waals surface area contributed by atoms with Gasteiger partial charge in [-0.25, -0.2) is 0 Å². The molecule has 0 unspecified atom stereocenters. The third kappa shape index (κ3) is 4.51. The number of hydrogen-bond donors (Lipinski definition) is 0. The quantitative estimate of drug-likeness (QED) is 0.482. The van der Waals surface area contributed by atoms with E-state index in [0.717, 1.165) is 13.0 Å². The minimum Gasteiger partial charge on any atom is -0.271 e. The first-order valence-corrected chi connectivity index (χ1v) is 5.03. The first-order valence-electron chi connectivity index (χ1n) is 5.03. The van der Waals surface area contributed by atoms with Gasteiger partial charge in [0, 0.05) is 16.9 Å². The van der Waals surface area contributed by atoms with Crippen LogP contribution < -0.4 is 9.57 Å². The van der Waals surface area contributed by atoms with Crippen LogP contribution in [-0.4, -0.2) is 6.61 Å². The molecule has 0 amide bonds. The molecule has 72 valence electrons. The number of pyridine rings is 1. The molecular formula is C11H18NO+. The summed E-state index contributed by atoms with van der Waals surface area (Å²) in [4.78, 5) is 5.47. The Balaban J connectivity index is 2.07. The number of hydrogen-bond acceptors (Lipinski definition) is 1. The molecule has 0 spiro atoms. The van der Waals surface area contributed by atoms with E-state index >= 15 is 0 Å².